The Balaban J connectivity index is 1.82. The first-order chi connectivity index (χ1) is 10.6. The van der Waals surface area contributed by atoms with Gasteiger partial charge in [-0.25, -0.2) is 4.39 Å². The molecule has 0 bridgehead atoms. The molecule has 0 saturated carbocycles. The maximum absolute atomic E-state index is 13.2. The van der Waals surface area contributed by atoms with Crippen LogP contribution in [0.1, 0.15) is 10.4 Å². The Labute approximate surface area is 124 Å². The molecule has 0 radical (unpaired) electrons. The first kappa shape index (κ1) is 13.7. The maximum Gasteiger partial charge on any atom is 0.258 e. The van der Waals surface area contributed by atoms with Crippen LogP contribution in [0, 0.1) is 5.82 Å². The summed E-state index contributed by atoms with van der Waals surface area (Å²) in [4.78, 5) is 15.8. The maximum atomic E-state index is 13.2. The highest BCUT2D eigenvalue weighted by Crippen LogP contribution is 2.29. The minimum Gasteiger partial charge on any atom is -0.507 e. The number of pyridine rings is 1. The zero-order chi connectivity index (χ0) is 15.5. The van der Waals surface area contributed by atoms with Crippen molar-refractivity contribution < 1.29 is 14.3 Å². The second-order valence-corrected chi connectivity index (χ2v) is 4.52. The van der Waals surface area contributed by atoms with E-state index in [9.17, 15) is 14.3 Å². The van der Waals surface area contributed by atoms with Gasteiger partial charge < -0.3 is 10.4 Å². The zero-order valence-electron chi connectivity index (χ0n) is 11.2. The molecule has 1 amide bonds. The fraction of sp³-hybridized carbons (Fsp3) is 0. The van der Waals surface area contributed by atoms with Gasteiger partial charge in [0.2, 0.25) is 0 Å². The van der Waals surface area contributed by atoms with E-state index in [1.165, 1.54) is 18.3 Å². The highest BCUT2D eigenvalue weighted by molar-refractivity contribution is 6.03. The van der Waals surface area contributed by atoms with Crippen LogP contribution in [0.25, 0.3) is 11.3 Å². The molecule has 7 heteroatoms. The molecule has 0 aliphatic heterocycles. The topological polar surface area (TPSA) is 90.9 Å². The van der Waals surface area contributed by atoms with E-state index in [1.807, 2.05) is 0 Å². The zero-order valence-corrected chi connectivity index (χ0v) is 11.2. The highest BCUT2D eigenvalue weighted by atomic mass is 19.1. The Kier molecular flexibility index (Phi) is 3.53. The molecular weight excluding hydrogens is 287 g/mol. The van der Waals surface area contributed by atoms with Crippen LogP contribution < -0.4 is 5.32 Å². The Morgan fingerprint density at radius 3 is 2.91 bits per heavy atom. The molecule has 6 nitrogen and oxygen atoms in total. The second kappa shape index (κ2) is 5.65. The molecule has 1 aromatic carbocycles. The lowest BCUT2D eigenvalue weighted by Gasteiger charge is -2.01. The van der Waals surface area contributed by atoms with Crippen molar-refractivity contribution in [1.82, 2.24) is 15.2 Å². The molecule has 0 spiro atoms. The fourth-order valence-corrected chi connectivity index (χ4v) is 1.93. The van der Waals surface area contributed by atoms with Crippen molar-refractivity contribution in [1.29, 1.82) is 0 Å². The highest BCUT2D eigenvalue weighted by Gasteiger charge is 2.12. The third kappa shape index (κ3) is 2.78. The molecule has 110 valence electrons. The summed E-state index contributed by atoms with van der Waals surface area (Å²) in [6, 6.07) is 8.33. The number of carbonyl (C=O) groups excluding carboxylic acids is 1. The summed E-state index contributed by atoms with van der Waals surface area (Å²) in [5.74, 6) is -0.617. The van der Waals surface area contributed by atoms with E-state index >= 15 is 0 Å². The Bertz CT molecular complexity index is 817. The summed E-state index contributed by atoms with van der Waals surface area (Å²) in [5, 5.41) is 18.9. The Morgan fingerprint density at radius 1 is 1.27 bits per heavy atom. The summed E-state index contributed by atoms with van der Waals surface area (Å²) < 4.78 is 13.2. The standard InChI is InChI=1S/C15H11FN4O2/c16-10-3-4-13(21)11(6-10)12-7-14(20-19-12)18-15(22)9-2-1-5-17-8-9/h1-8,21H,(H2,18,19,20,22). The summed E-state index contributed by atoms with van der Waals surface area (Å²) in [7, 11) is 0. The second-order valence-electron chi connectivity index (χ2n) is 4.52. The van der Waals surface area contributed by atoms with E-state index in [-0.39, 0.29) is 17.2 Å². The number of nitrogens with zero attached hydrogens (tertiary/aromatic N) is 2. The number of amides is 1. The van der Waals surface area contributed by atoms with Gasteiger partial charge in [-0.15, -0.1) is 0 Å². The first-order valence-corrected chi connectivity index (χ1v) is 6.39. The smallest absolute Gasteiger partial charge is 0.258 e. The quantitative estimate of drug-likeness (QED) is 0.693. The van der Waals surface area contributed by atoms with Gasteiger partial charge in [0.05, 0.1) is 11.3 Å². The SMILES string of the molecule is O=C(Nc1cc(-c2cc(F)ccc2O)n[nH]1)c1cccnc1. The number of phenols is 1. The normalized spacial score (nSPS) is 10.4. The number of aromatic nitrogens is 3. The molecule has 3 aromatic rings. The molecule has 0 atom stereocenters. The summed E-state index contributed by atoms with van der Waals surface area (Å²) in [6.45, 7) is 0. The number of aromatic hydroxyl groups is 1. The lowest BCUT2D eigenvalue weighted by molar-refractivity contribution is 0.102. The van der Waals surface area contributed by atoms with Crippen molar-refractivity contribution in [3.05, 3.63) is 60.2 Å². The number of rotatable bonds is 3. The summed E-state index contributed by atoms with van der Waals surface area (Å²) in [6.07, 6.45) is 3.00. The van der Waals surface area contributed by atoms with Gasteiger partial charge in [-0.3, -0.25) is 14.9 Å². The van der Waals surface area contributed by atoms with E-state index < -0.39 is 5.82 Å². The number of phenolic OH excluding ortho intramolecular Hbond substituents is 1. The molecule has 0 aliphatic rings. The Morgan fingerprint density at radius 2 is 2.14 bits per heavy atom. The lowest BCUT2D eigenvalue weighted by Crippen LogP contribution is -2.12. The van der Waals surface area contributed by atoms with Gasteiger partial charge >= 0.3 is 0 Å². The molecule has 3 N–H and O–H groups in total. The molecule has 3 rings (SSSR count). The summed E-state index contributed by atoms with van der Waals surface area (Å²) in [5.41, 5.74) is 0.948. The number of carbonyl (C=O) groups is 1. The lowest BCUT2D eigenvalue weighted by atomic mass is 10.1. The Hall–Kier alpha value is -3.22. The number of hydrogen-bond acceptors (Lipinski definition) is 4. The molecule has 2 aromatic heterocycles. The van der Waals surface area contributed by atoms with E-state index in [4.69, 9.17) is 0 Å². The van der Waals surface area contributed by atoms with E-state index in [0.29, 0.717) is 17.1 Å². The predicted molar refractivity (Wildman–Crippen MR) is 77.8 cm³/mol. The minimum atomic E-state index is -0.489. The van der Waals surface area contributed by atoms with Crippen LogP contribution >= 0.6 is 0 Å². The molecule has 0 unspecified atom stereocenters. The first-order valence-electron chi connectivity index (χ1n) is 6.39. The van der Waals surface area contributed by atoms with Crippen LogP contribution in [0.5, 0.6) is 5.75 Å². The molecule has 0 fully saturated rings. The average molecular weight is 298 g/mol. The third-order valence-electron chi connectivity index (χ3n) is 2.98. The number of hydrogen-bond donors (Lipinski definition) is 3. The van der Waals surface area contributed by atoms with Crippen LogP contribution in [0.2, 0.25) is 0 Å². The van der Waals surface area contributed by atoms with Crippen LogP contribution in [0.15, 0.2) is 48.8 Å². The van der Waals surface area contributed by atoms with E-state index in [1.54, 1.807) is 18.3 Å². The average Bonchev–Trinajstić information content (AvgIpc) is 2.99. The van der Waals surface area contributed by atoms with Gasteiger partial charge in [0, 0.05) is 24.0 Å². The molecular formula is C15H11FN4O2. The summed E-state index contributed by atoms with van der Waals surface area (Å²) >= 11 is 0. The number of nitrogens with one attached hydrogen (secondary N) is 2. The van der Waals surface area contributed by atoms with Gasteiger partial charge in [-0.1, -0.05) is 0 Å². The van der Waals surface area contributed by atoms with E-state index in [0.717, 1.165) is 12.1 Å². The number of halogens is 1. The largest absolute Gasteiger partial charge is 0.507 e. The van der Waals surface area contributed by atoms with Crippen molar-refractivity contribution in [2.24, 2.45) is 0 Å². The van der Waals surface area contributed by atoms with Crippen molar-refractivity contribution in [2.45, 2.75) is 0 Å². The van der Waals surface area contributed by atoms with Crippen molar-refractivity contribution in [3.8, 4) is 17.0 Å². The minimum absolute atomic E-state index is 0.0990. The molecule has 22 heavy (non-hydrogen) atoms. The predicted octanol–water partition coefficient (Wildman–Crippen LogP) is 2.57. The van der Waals surface area contributed by atoms with Crippen molar-refractivity contribution >= 4 is 11.7 Å². The number of aromatic amines is 1. The van der Waals surface area contributed by atoms with Gasteiger partial charge in [-0.2, -0.15) is 5.10 Å². The molecule has 0 aliphatic carbocycles. The fourth-order valence-electron chi connectivity index (χ4n) is 1.93. The number of anilines is 1. The van der Waals surface area contributed by atoms with Crippen molar-refractivity contribution in [2.75, 3.05) is 5.32 Å². The third-order valence-corrected chi connectivity index (χ3v) is 2.98. The molecule has 2 heterocycles. The monoisotopic (exact) mass is 298 g/mol. The van der Waals surface area contributed by atoms with Gasteiger partial charge in [0.1, 0.15) is 17.4 Å². The van der Waals surface area contributed by atoms with E-state index in [2.05, 4.69) is 20.5 Å². The van der Waals surface area contributed by atoms with Gasteiger partial charge in [0.15, 0.2) is 0 Å². The molecule has 0 saturated heterocycles. The van der Waals surface area contributed by atoms with Crippen LogP contribution in [-0.2, 0) is 0 Å². The number of benzene rings is 1. The van der Waals surface area contributed by atoms with Crippen molar-refractivity contribution in [3.63, 3.8) is 0 Å². The van der Waals surface area contributed by atoms with Crippen LogP contribution in [-0.4, -0.2) is 26.2 Å². The van der Waals surface area contributed by atoms with Crippen LogP contribution in [0.3, 0.4) is 0 Å². The van der Waals surface area contributed by atoms with Gasteiger partial charge in [0.25, 0.3) is 5.91 Å². The number of H-pyrrole nitrogens is 1. The van der Waals surface area contributed by atoms with Gasteiger partial charge in [-0.05, 0) is 30.3 Å². The van der Waals surface area contributed by atoms with Crippen LogP contribution in [0.4, 0.5) is 10.2 Å².